The Balaban J connectivity index is 3.48. The minimum Gasteiger partial charge on any atom is -0.240 e. The van der Waals surface area contributed by atoms with E-state index in [0.29, 0.717) is 6.20 Å². The third kappa shape index (κ3) is 2.47. The van der Waals surface area contributed by atoms with Gasteiger partial charge < -0.3 is 0 Å². The maximum absolute atomic E-state index is 13.2. The summed E-state index contributed by atoms with van der Waals surface area (Å²) >= 11 is 2.51. The van der Waals surface area contributed by atoms with E-state index in [1.807, 2.05) is 0 Å². The highest BCUT2D eigenvalue weighted by Gasteiger charge is 2.24. The third-order valence-corrected chi connectivity index (χ3v) is 3.09. The first-order chi connectivity index (χ1) is 6.75. The Kier molecular flexibility index (Phi) is 3.36. The largest absolute Gasteiger partial charge is 0.266 e. The van der Waals surface area contributed by atoms with Crippen molar-refractivity contribution in [2.45, 2.75) is 11.5 Å². The molecule has 0 aliphatic heterocycles. The van der Waals surface area contributed by atoms with Gasteiger partial charge in [-0.3, -0.25) is 0 Å². The topological polar surface area (TPSA) is 73.1 Å². The van der Waals surface area contributed by atoms with Crippen molar-refractivity contribution in [1.29, 1.82) is 0 Å². The molecule has 2 N–H and O–H groups in total. The first kappa shape index (κ1) is 12.4. The molecule has 1 aromatic rings. The number of pyridine rings is 1. The molecular formula is C6H4BrF3N2O2S. The maximum atomic E-state index is 13.2. The number of nitrogens with two attached hydrogens (primary N) is 1. The van der Waals surface area contributed by atoms with Crippen LogP contribution < -0.4 is 5.14 Å². The van der Waals surface area contributed by atoms with Gasteiger partial charge in [-0.25, -0.2) is 31.7 Å². The van der Waals surface area contributed by atoms with Crippen molar-refractivity contribution in [2.24, 2.45) is 5.14 Å². The molecule has 0 saturated carbocycles. The summed E-state index contributed by atoms with van der Waals surface area (Å²) in [6.45, 7) is 0. The van der Waals surface area contributed by atoms with Gasteiger partial charge in [0.05, 0.1) is 10.0 Å². The Labute approximate surface area is 91.5 Å². The van der Waals surface area contributed by atoms with Gasteiger partial charge in [0.25, 0.3) is 16.4 Å². The number of hydrogen-bond donors (Lipinski definition) is 1. The highest BCUT2D eigenvalue weighted by molar-refractivity contribution is 9.10. The number of aromatic nitrogens is 1. The van der Waals surface area contributed by atoms with E-state index in [1.165, 1.54) is 0 Å². The number of nitrogens with zero attached hydrogens (tertiary/aromatic N) is 1. The standard InChI is InChI=1S/C6H4BrF3N2O2S/c7-3-2(5(9)10)1-12-6(4(3)8)15(11,13)14/h1,5H,(H2,11,13,14). The van der Waals surface area contributed by atoms with Crippen LogP contribution in [0.1, 0.15) is 12.0 Å². The Morgan fingerprint density at radius 3 is 2.40 bits per heavy atom. The second-order valence-electron chi connectivity index (χ2n) is 2.49. The zero-order chi connectivity index (χ0) is 11.8. The molecule has 0 radical (unpaired) electrons. The van der Waals surface area contributed by atoms with Gasteiger partial charge in [-0.2, -0.15) is 0 Å². The van der Waals surface area contributed by atoms with Crippen LogP contribution in [0.4, 0.5) is 13.2 Å². The molecule has 4 nitrogen and oxygen atoms in total. The van der Waals surface area contributed by atoms with Crippen LogP contribution in [0.5, 0.6) is 0 Å². The Morgan fingerprint density at radius 1 is 1.47 bits per heavy atom. The number of sulfonamides is 1. The third-order valence-electron chi connectivity index (χ3n) is 1.46. The van der Waals surface area contributed by atoms with Gasteiger partial charge >= 0.3 is 0 Å². The number of halogens is 4. The maximum Gasteiger partial charge on any atom is 0.266 e. The van der Waals surface area contributed by atoms with Gasteiger partial charge in [-0.05, 0) is 15.9 Å². The van der Waals surface area contributed by atoms with Gasteiger partial charge in [-0.1, -0.05) is 0 Å². The van der Waals surface area contributed by atoms with Gasteiger partial charge in [0.2, 0.25) is 5.03 Å². The van der Waals surface area contributed by atoms with E-state index in [0.717, 1.165) is 0 Å². The van der Waals surface area contributed by atoms with Crippen LogP contribution >= 0.6 is 15.9 Å². The van der Waals surface area contributed by atoms with Crippen LogP contribution in [0, 0.1) is 5.82 Å². The lowest BCUT2D eigenvalue weighted by molar-refractivity contribution is 0.149. The van der Waals surface area contributed by atoms with E-state index in [4.69, 9.17) is 0 Å². The first-order valence-corrected chi connectivity index (χ1v) is 5.74. The molecule has 0 amide bonds. The lowest BCUT2D eigenvalue weighted by Crippen LogP contribution is -2.16. The molecule has 0 spiro atoms. The molecule has 0 saturated heterocycles. The van der Waals surface area contributed by atoms with Crippen molar-refractivity contribution >= 4 is 26.0 Å². The highest BCUT2D eigenvalue weighted by atomic mass is 79.9. The lowest BCUT2D eigenvalue weighted by atomic mass is 10.3. The molecule has 9 heteroatoms. The summed E-state index contributed by atoms with van der Waals surface area (Å²) in [6, 6.07) is 0. The fraction of sp³-hybridized carbons (Fsp3) is 0.167. The van der Waals surface area contributed by atoms with E-state index in [-0.39, 0.29) is 0 Å². The summed E-state index contributed by atoms with van der Waals surface area (Å²) in [7, 11) is -4.36. The minimum atomic E-state index is -4.36. The van der Waals surface area contributed by atoms with Crippen LogP contribution in [0.3, 0.4) is 0 Å². The lowest BCUT2D eigenvalue weighted by Gasteiger charge is -2.06. The fourth-order valence-electron chi connectivity index (χ4n) is 0.813. The van der Waals surface area contributed by atoms with Crippen LogP contribution in [0.15, 0.2) is 15.7 Å². The molecule has 84 valence electrons. The molecule has 0 fully saturated rings. The molecular weight excluding hydrogens is 301 g/mol. The SMILES string of the molecule is NS(=O)(=O)c1ncc(C(F)F)c(Br)c1F. The summed E-state index contributed by atoms with van der Waals surface area (Å²) in [5.41, 5.74) is -0.736. The summed E-state index contributed by atoms with van der Waals surface area (Å²) in [5.74, 6) is -1.42. The second kappa shape index (κ2) is 4.06. The molecule has 0 aliphatic carbocycles. The first-order valence-electron chi connectivity index (χ1n) is 3.40. The van der Waals surface area contributed by atoms with E-state index in [2.05, 4.69) is 26.1 Å². The van der Waals surface area contributed by atoms with Crippen molar-refractivity contribution in [3.8, 4) is 0 Å². The number of hydrogen-bond acceptors (Lipinski definition) is 3. The van der Waals surface area contributed by atoms with Gasteiger partial charge in [-0.15, -0.1) is 0 Å². The molecule has 0 unspecified atom stereocenters. The zero-order valence-electron chi connectivity index (χ0n) is 6.92. The van der Waals surface area contributed by atoms with E-state index < -0.39 is 37.3 Å². The van der Waals surface area contributed by atoms with Crippen LogP contribution in [-0.2, 0) is 10.0 Å². The van der Waals surface area contributed by atoms with Crippen molar-refractivity contribution in [2.75, 3.05) is 0 Å². The highest BCUT2D eigenvalue weighted by Crippen LogP contribution is 2.30. The van der Waals surface area contributed by atoms with E-state index in [1.54, 1.807) is 0 Å². The smallest absolute Gasteiger partial charge is 0.240 e. The molecule has 0 aromatic carbocycles. The summed E-state index contributed by atoms with van der Waals surface area (Å²) in [4.78, 5) is 3.03. The number of primary sulfonamides is 1. The molecule has 0 aliphatic rings. The van der Waals surface area contributed by atoms with Gasteiger partial charge in [0, 0.05) is 6.20 Å². The van der Waals surface area contributed by atoms with Crippen LogP contribution in [0.25, 0.3) is 0 Å². The number of alkyl halides is 2. The van der Waals surface area contributed by atoms with Crippen molar-refractivity contribution < 1.29 is 21.6 Å². The molecule has 1 heterocycles. The molecule has 15 heavy (non-hydrogen) atoms. The van der Waals surface area contributed by atoms with Crippen molar-refractivity contribution in [3.05, 3.63) is 22.1 Å². The van der Waals surface area contributed by atoms with Crippen molar-refractivity contribution in [3.63, 3.8) is 0 Å². The Morgan fingerprint density at radius 2 is 2.00 bits per heavy atom. The summed E-state index contributed by atoms with van der Waals surface area (Å²) in [5, 5.41) is 3.54. The van der Waals surface area contributed by atoms with Crippen LogP contribution in [-0.4, -0.2) is 13.4 Å². The van der Waals surface area contributed by atoms with Crippen molar-refractivity contribution in [1.82, 2.24) is 4.98 Å². The Bertz CT molecular complexity index is 491. The molecule has 1 rings (SSSR count). The Hall–Kier alpha value is -0.670. The van der Waals surface area contributed by atoms with Crippen LogP contribution in [0.2, 0.25) is 0 Å². The minimum absolute atomic E-state index is 0.553. The average Bonchev–Trinajstić information content (AvgIpc) is 2.06. The normalized spacial score (nSPS) is 12.1. The number of rotatable bonds is 2. The monoisotopic (exact) mass is 304 g/mol. The summed E-state index contributed by atoms with van der Waals surface area (Å²) in [6.07, 6.45) is -2.41. The van der Waals surface area contributed by atoms with E-state index in [9.17, 15) is 21.6 Å². The quantitative estimate of drug-likeness (QED) is 0.901. The predicted octanol–water partition coefficient (Wildman–Crippen LogP) is 1.57. The predicted molar refractivity (Wildman–Crippen MR) is 48.2 cm³/mol. The average molecular weight is 305 g/mol. The van der Waals surface area contributed by atoms with Gasteiger partial charge in [0.15, 0.2) is 5.82 Å². The molecule has 0 atom stereocenters. The molecule has 1 aromatic heterocycles. The second-order valence-corrected chi connectivity index (χ2v) is 4.76. The zero-order valence-corrected chi connectivity index (χ0v) is 9.32. The summed E-state index contributed by atoms with van der Waals surface area (Å²) < 4.78 is 58.5. The van der Waals surface area contributed by atoms with Gasteiger partial charge in [0.1, 0.15) is 0 Å². The fourth-order valence-corrected chi connectivity index (χ4v) is 1.96. The van der Waals surface area contributed by atoms with E-state index >= 15 is 0 Å². The molecule has 0 bridgehead atoms.